The number of halogens is 1. The van der Waals surface area contributed by atoms with Crippen LogP contribution in [-0.2, 0) is 4.74 Å². The third-order valence-electron chi connectivity index (χ3n) is 2.70. The normalized spacial score (nSPS) is 21.2. The molecule has 0 atom stereocenters. The first-order chi connectivity index (χ1) is 6.16. The van der Waals surface area contributed by atoms with E-state index in [0.29, 0.717) is 0 Å². The second-order valence-corrected chi connectivity index (χ2v) is 4.16. The van der Waals surface area contributed by atoms with E-state index in [1.54, 1.807) is 0 Å². The lowest BCUT2D eigenvalue weighted by molar-refractivity contribution is -0.865. The summed E-state index contributed by atoms with van der Waals surface area (Å²) in [7, 11) is 2.29. The molecule has 1 saturated heterocycles. The van der Waals surface area contributed by atoms with Crippen LogP contribution in [0.4, 0.5) is 0 Å². The van der Waals surface area contributed by atoms with Gasteiger partial charge in [-0.3, -0.25) is 4.48 Å². The number of allylic oxidation sites excluding steroid dienone is 1. The van der Waals surface area contributed by atoms with E-state index in [9.17, 15) is 0 Å². The topological polar surface area (TPSA) is 9.23 Å². The molecule has 1 heterocycles. The highest BCUT2D eigenvalue weighted by molar-refractivity contribution is 4.82. The van der Waals surface area contributed by atoms with Gasteiger partial charge in [-0.2, -0.15) is 0 Å². The van der Waals surface area contributed by atoms with Crippen molar-refractivity contribution in [2.45, 2.75) is 33.1 Å². The van der Waals surface area contributed by atoms with Gasteiger partial charge < -0.3 is 17.1 Å². The van der Waals surface area contributed by atoms with E-state index in [4.69, 9.17) is 4.74 Å². The molecule has 1 rings (SSSR count). The molecule has 0 aromatic rings. The van der Waals surface area contributed by atoms with Crippen molar-refractivity contribution < 1.29 is 21.6 Å². The van der Waals surface area contributed by atoms with E-state index in [-0.39, 0.29) is 12.4 Å². The van der Waals surface area contributed by atoms with Gasteiger partial charge in [0.1, 0.15) is 12.0 Å². The highest BCUT2D eigenvalue weighted by Crippen LogP contribution is 2.18. The fourth-order valence-corrected chi connectivity index (χ4v) is 2.07. The van der Waals surface area contributed by atoms with Gasteiger partial charge in [0.15, 0.2) is 0 Å². The number of quaternary nitrogens is 1. The van der Waals surface area contributed by atoms with Crippen LogP contribution in [0.15, 0.2) is 12.0 Å². The van der Waals surface area contributed by atoms with Crippen molar-refractivity contribution in [2.75, 3.05) is 26.7 Å². The Kier molecular flexibility index (Phi) is 6.21. The standard InChI is InChI=1S/C11H22NO.ClH/c1-4-13-11(2)10-12(3)8-6-5-7-9-12;/h10H,4-9H2,1-3H3;1H/q+1;/p-1. The molecule has 84 valence electrons. The Labute approximate surface area is 93.9 Å². The van der Waals surface area contributed by atoms with Crippen molar-refractivity contribution in [3.05, 3.63) is 12.0 Å². The van der Waals surface area contributed by atoms with Crippen molar-refractivity contribution in [1.82, 2.24) is 0 Å². The van der Waals surface area contributed by atoms with Crippen LogP contribution in [-0.4, -0.2) is 31.2 Å². The molecular weight excluding hydrogens is 198 g/mol. The monoisotopic (exact) mass is 219 g/mol. The van der Waals surface area contributed by atoms with Crippen molar-refractivity contribution >= 4 is 0 Å². The van der Waals surface area contributed by atoms with E-state index >= 15 is 0 Å². The fraction of sp³-hybridized carbons (Fsp3) is 0.818. The molecule has 0 radical (unpaired) electrons. The maximum Gasteiger partial charge on any atom is 0.146 e. The van der Waals surface area contributed by atoms with Crippen LogP contribution in [0.3, 0.4) is 0 Å². The van der Waals surface area contributed by atoms with E-state index in [1.807, 2.05) is 6.92 Å². The van der Waals surface area contributed by atoms with Crippen molar-refractivity contribution in [2.24, 2.45) is 0 Å². The number of ether oxygens (including phenoxy) is 1. The zero-order chi connectivity index (χ0) is 9.73. The highest BCUT2D eigenvalue weighted by atomic mass is 35.5. The molecule has 1 aliphatic heterocycles. The first kappa shape index (κ1) is 13.8. The summed E-state index contributed by atoms with van der Waals surface area (Å²) in [5.41, 5.74) is 0. The predicted molar refractivity (Wildman–Crippen MR) is 55.2 cm³/mol. The van der Waals surface area contributed by atoms with Gasteiger partial charge in [0.25, 0.3) is 0 Å². The SMILES string of the molecule is CCOC(C)=C[N+]1(C)CCCCC1.[Cl-]. The Bertz CT molecular complexity index is 186. The van der Waals surface area contributed by atoms with Crippen LogP contribution in [0.2, 0.25) is 0 Å². The van der Waals surface area contributed by atoms with E-state index in [2.05, 4.69) is 20.2 Å². The van der Waals surface area contributed by atoms with Crippen LogP contribution < -0.4 is 12.4 Å². The summed E-state index contributed by atoms with van der Waals surface area (Å²) in [6, 6.07) is 0. The minimum atomic E-state index is 0. The number of hydrogen-bond donors (Lipinski definition) is 0. The predicted octanol–water partition coefficient (Wildman–Crippen LogP) is -0.481. The van der Waals surface area contributed by atoms with E-state index in [0.717, 1.165) is 16.8 Å². The third kappa shape index (κ3) is 4.34. The summed E-state index contributed by atoms with van der Waals surface area (Å²) in [6.07, 6.45) is 6.37. The van der Waals surface area contributed by atoms with Gasteiger partial charge in [-0.15, -0.1) is 0 Å². The first-order valence-corrected chi connectivity index (χ1v) is 5.33. The fourth-order valence-electron chi connectivity index (χ4n) is 2.07. The van der Waals surface area contributed by atoms with Gasteiger partial charge in [-0.1, -0.05) is 0 Å². The molecule has 0 aliphatic carbocycles. The van der Waals surface area contributed by atoms with E-state index in [1.165, 1.54) is 32.4 Å². The highest BCUT2D eigenvalue weighted by Gasteiger charge is 2.22. The smallest absolute Gasteiger partial charge is 0.146 e. The molecule has 0 aromatic heterocycles. The summed E-state index contributed by atoms with van der Waals surface area (Å²) in [4.78, 5) is 0. The van der Waals surface area contributed by atoms with Gasteiger partial charge in [0.2, 0.25) is 0 Å². The molecule has 14 heavy (non-hydrogen) atoms. The summed E-state index contributed by atoms with van der Waals surface area (Å²) in [6.45, 7) is 7.41. The number of piperidine rings is 1. The maximum absolute atomic E-state index is 5.46. The summed E-state index contributed by atoms with van der Waals surface area (Å²) in [5, 5.41) is 0. The molecule has 0 aromatic carbocycles. The second kappa shape index (κ2) is 6.31. The number of rotatable bonds is 3. The molecule has 0 amide bonds. The molecule has 0 N–H and O–H groups in total. The third-order valence-corrected chi connectivity index (χ3v) is 2.70. The summed E-state index contributed by atoms with van der Waals surface area (Å²) in [5.74, 6) is 1.08. The zero-order valence-corrected chi connectivity index (χ0v) is 10.3. The molecular formula is C11H22ClNO. The Balaban J connectivity index is 0.00000169. The molecule has 1 aliphatic rings. The minimum Gasteiger partial charge on any atom is -1.00 e. The first-order valence-electron chi connectivity index (χ1n) is 5.33. The Morgan fingerprint density at radius 1 is 1.29 bits per heavy atom. The second-order valence-electron chi connectivity index (χ2n) is 4.16. The van der Waals surface area contributed by atoms with Crippen LogP contribution in [0, 0.1) is 0 Å². The average Bonchev–Trinajstić information content (AvgIpc) is 2.04. The molecule has 0 bridgehead atoms. The minimum absolute atomic E-state index is 0. The van der Waals surface area contributed by atoms with Gasteiger partial charge >= 0.3 is 0 Å². The average molecular weight is 220 g/mol. The zero-order valence-electron chi connectivity index (χ0n) is 9.55. The van der Waals surface area contributed by atoms with Crippen LogP contribution in [0.1, 0.15) is 33.1 Å². The van der Waals surface area contributed by atoms with Crippen LogP contribution in [0.25, 0.3) is 0 Å². The van der Waals surface area contributed by atoms with E-state index < -0.39 is 0 Å². The summed E-state index contributed by atoms with van der Waals surface area (Å²) < 4.78 is 6.52. The molecule has 0 saturated carbocycles. The Morgan fingerprint density at radius 2 is 1.86 bits per heavy atom. The van der Waals surface area contributed by atoms with Crippen molar-refractivity contribution in [1.29, 1.82) is 0 Å². The molecule has 0 spiro atoms. The summed E-state index contributed by atoms with van der Waals surface area (Å²) >= 11 is 0. The lowest BCUT2D eigenvalue weighted by atomic mass is 10.1. The molecule has 1 fully saturated rings. The largest absolute Gasteiger partial charge is 1.00 e. The Morgan fingerprint density at radius 3 is 2.36 bits per heavy atom. The lowest BCUT2D eigenvalue weighted by Gasteiger charge is -2.34. The van der Waals surface area contributed by atoms with Gasteiger partial charge in [0.05, 0.1) is 26.7 Å². The number of hydrogen-bond acceptors (Lipinski definition) is 1. The molecule has 3 heteroatoms. The lowest BCUT2D eigenvalue weighted by Crippen LogP contribution is -3.00. The molecule has 0 unspecified atom stereocenters. The van der Waals surface area contributed by atoms with Gasteiger partial charge in [-0.25, -0.2) is 0 Å². The van der Waals surface area contributed by atoms with Gasteiger partial charge in [0, 0.05) is 0 Å². The van der Waals surface area contributed by atoms with Crippen molar-refractivity contribution in [3.8, 4) is 0 Å². The number of likely N-dealkylation sites (tertiary alicyclic amines) is 1. The maximum atomic E-state index is 5.46. The van der Waals surface area contributed by atoms with Crippen LogP contribution in [0.5, 0.6) is 0 Å². The number of nitrogens with zero attached hydrogens (tertiary/aromatic N) is 1. The van der Waals surface area contributed by atoms with Gasteiger partial charge in [-0.05, 0) is 33.1 Å². The van der Waals surface area contributed by atoms with Crippen LogP contribution >= 0.6 is 0 Å². The quantitative estimate of drug-likeness (QED) is 0.460. The molecule has 2 nitrogen and oxygen atoms in total. The van der Waals surface area contributed by atoms with Crippen molar-refractivity contribution in [3.63, 3.8) is 0 Å². The Hall–Kier alpha value is -0.210.